The SMILES string of the molecule is C[C@@H](O)[C@H](O)[C@@H](O)CCCC1(C)Oc2ccccc2O1. The quantitative estimate of drug-likeness (QED) is 0.736. The Hall–Kier alpha value is -1.30. The minimum Gasteiger partial charge on any atom is -0.449 e. The highest BCUT2D eigenvalue weighted by Gasteiger charge is 2.36. The molecule has 112 valence electrons. The fraction of sp³-hybridized carbons (Fsp3) is 0.600. The molecule has 1 aromatic carbocycles. The highest BCUT2D eigenvalue weighted by Crippen LogP contribution is 2.40. The summed E-state index contributed by atoms with van der Waals surface area (Å²) in [5.41, 5.74) is 0. The summed E-state index contributed by atoms with van der Waals surface area (Å²) < 4.78 is 11.5. The second-order valence-electron chi connectivity index (χ2n) is 5.48. The second kappa shape index (κ2) is 5.99. The monoisotopic (exact) mass is 282 g/mol. The van der Waals surface area contributed by atoms with E-state index in [9.17, 15) is 15.3 Å². The van der Waals surface area contributed by atoms with Crippen molar-refractivity contribution in [2.75, 3.05) is 0 Å². The van der Waals surface area contributed by atoms with E-state index in [1.165, 1.54) is 6.92 Å². The topological polar surface area (TPSA) is 79.2 Å². The first-order valence-corrected chi connectivity index (χ1v) is 6.92. The van der Waals surface area contributed by atoms with Gasteiger partial charge in [-0.1, -0.05) is 12.1 Å². The molecule has 0 aromatic heterocycles. The van der Waals surface area contributed by atoms with Gasteiger partial charge in [0.2, 0.25) is 5.79 Å². The maximum atomic E-state index is 9.73. The number of aliphatic hydroxyl groups is 3. The molecule has 2 rings (SSSR count). The van der Waals surface area contributed by atoms with Gasteiger partial charge in [0.25, 0.3) is 0 Å². The van der Waals surface area contributed by atoms with E-state index in [4.69, 9.17) is 9.47 Å². The number of benzene rings is 1. The molecule has 0 bridgehead atoms. The van der Waals surface area contributed by atoms with Crippen molar-refractivity contribution in [2.45, 2.75) is 57.2 Å². The fourth-order valence-corrected chi connectivity index (χ4v) is 2.33. The van der Waals surface area contributed by atoms with Crippen molar-refractivity contribution >= 4 is 0 Å². The lowest BCUT2D eigenvalue weighted by Gasteiger charge is -2.25. The third-order valence-corrected chi connectivity index (χ3v) is 3.52. The van der Waals surface area contributed by atoms with Gasteiger partial charge in [-0.15, -0.1) is 0 Å². The summed E-state index contributed by atoms with van der Waals surface area (Å²) >= 11 is 0. The number of hydrogen-bond acceptors (Lipinski definition) is 5. The average Bonchev–Trinajstić information content (AvgIpc) is 2.73. The van der Waals surface area contributed by atoms with Gasteiger partial charge >= 0.3 is 0 Å². The predicted octanol–water partition coefficient (Wildman–Crippen LogP) is 1.45. The highest BCUT2D eigenvalue weighted by molar-refractivity contribution is 5.42. The summed E-state index contributed by atoms with van der Waals surface area (Å²) in [5, 5.41) is 28.5. The number of fused-ring (bicyclic) bond motifs is 1. The van der Waals surface area contributed by atoms with Crippen LogP contribution in [-0.4, -0.2) is 39.4 Å². The zero-order chi connectivity index (χ0) is 14.8. The van der Waals surface area contributed by atoms with E-state index < -0.39 is 24.1 Å². The molecule has 0 amide bonds. The van der Waals surface area contributed by atoms with Crippen LogP contribution in [0.1, 0.15) is 33.1 Å². The molecule has 0 unspecified atom stereocenters. The molecule has 0 aliphatic carbocycles. The van der Waals surface area contributed by atoms with Gasteiger partial charge in [-0.25, -0.2) is 0 Å². The van der Waals surface area contributed by atoms with Crippen LogP contribution in [0.15, 0.2) is 24.3 Å². The molecule has 1 aromatic rings. The van der Waals surface area contributed by atoms with Crippen LogP contribution in [0.25, 0.3) is 0 Å². The first kappa shape index (κ1) is 15.1. The average molecular weight is 282 g/mol. The molecule has 0 spiro atoms. The van der Waals surface area contributed by atoms with Crippen LogP contribution in [0, 0.1) is 0 Å². The van der Waals surface area contributed by atoms with E-state index in [0.717, 1.165) is 11.5 Å². The molecule has 20 heavy (non-hydrogen) atoms. The molecule has 0 saturated carbocycles. The number of rotatable bonds is 6. The third-order valence-electron chi connectivity index (χ3n) is 3.52. The number of aliphatic hydroxyl groups excluding tert-OH is 3. The summed E-state index contributed by atoms with van der Waals surface area (Å²) in [5.74, 6) is 0.707. The number of ether oxygens (including phenoxy) is 2. The molecule has 0 radical (unpaired) electrons. The Kier molecular flexibility index (Phi) is 4.52. The Morgan fingerprint density at radius 1 is 1.10 bits per heavy atom. The van der Waals surface area contributed by atoms with Gasteiger partial charge in [-0.3, -0.25) is 0 Å². The largest absolute Gasteiger partial charge is 0.449 e. The number of para-hydroxylation sites is 2. The zero-order valence-electron chi connectivity index (χ0n) is 11.8. The third kappa shape index (κ3) is 3.42. The van der Waals surface area contributed by atoms with Crippen molar-refractivity contribution in [3.63, 3.8) is 0 Å². The van der Waals surface area contributed by atoms with E-state index in [1.54, 1.807) is 0 Å². The van der Waals surface area contributed by atoms with Crippen LogP contribution in [0.3, 0.4) is 0 Å². The van der Waals surface area contributed by atoms with Crippen molar-refractivity contribution in [1.82, 2.24) is 0 Å². The normalized spacial score (nSPS) is 20.4. The minimum absolute atomic E-state index is 0.380. The molecule has 0 fully saturated rings. The summed E-state index contributed by atoms with van der Waals surface area (Å²) in [7, 11) is 0. The van der Waals surface area contributed by atoms with E-state index in [-0.39, 0.29) is 0 Å². The van der Waals surface area contributed by atoms with Gasteiger partial charge in [0, 0.05) is 13.3 Å². The Morgan fingerprint density at radius 2 is 1.65 bits per heavy atom. The Labute approximate surface area is 118 Å². The second-order valence-corrected chi connectivity index (χ2v) is 5.48. The first-order chi connectivity index (χ1) is 9.41. The van der Waals surface area contributed by atoms with E-state index in [1.807, 2.05) is 31.2 Å². The van der Waals surface area contributed by atoms with Gasteiger partial charge in [-0.2, -0.15) is 0 Å². The maximum Gasteiger partial charge on any atom is 0.248 e. The molecular formula is C15H22O5. The molecule has 5 nitrogen and oxygen atoms in total. The summed E-state index contributed by atoms with van der Waals surface area (Å²) in [6.07, 6.45) is -1.41. The first-order valence-electron chi connectivity index (χ1n) is 6.92. The summed E-state index contributed by atoms with van der Waals surface area (Å²) in [6.45, 7) is 3.31. The fourth-order valence-electron chi connectivity index (χ4n) is 2.33. The molecular weight excluding hydrogens is 260 g/mol. The minimum atomic E-state index is -1.12. The van der Waals surface area contributed by atoms with Crippen molar-refractivity contribution in [3.8, 4) is 11.5 Å². The maximum absolute atomic E-state index is 9.73. The van der Waals surface area contributed by atoms with Crippen LogP contribution in [-0.2, 0) is 0 Å². The van der Waals surface area contributed by atoms with Gasteiger partial charge < -0.3 is 24.8 Å². The molecule has 1 aliphatic heterocycles. The molecule has 1 heterocycles. The van der Waals surface area contributed by atoms with Gasteiger partial charge in [0.1, 0.15) is 6.10 Å². The number of hydrogen-bond donors (Lipinski definition) is 3. The van der Waals surface area contributed by atoms with Crippen LogP contribution >= 0.6 is 0 Å². The van der Waals surface area contributed by atoms with Gasteiger partial charge in [-0.05, 0) is 31.9 Å². The lowest BCUT2D eigenvalue weighted by atomic mass is 10.0. The molecule has 1 aliphatic rings. The Morgan fingerprint density at radius 3 is 2.15 bits per heavy atom. The van der Waals surface area contributed by atoms with Gasteiger partial charge in [0.15, 0.2) is 11.5 Å². The van der Waals surface area contributed by atoms with E-state index >= 15 is 0 Å². The Bertz CT molecular complexity index is 421. The van der Waals surface area contributed by atoms with Crippen molar-refractivity contribution in [1.29, 1.82) is 0 Å². The predicted molar refractivity (Wildman–Crippen MR) is 73.6 cm³/mol. The van der Waals surface area contributed by atoms with Crippen molar-refractivity contribution < 1.29 is 24.8 Å². The molecule has 5 heteroatoms. The van der Waals surface area contributed by atoms with Crippen LogP contribution in [0.4, 0.5) is 0 Å². The Balaban J connectivity index is 1.81. The summed E-state index contributed by atoms with van der Waals surface area (Å²) in [6, 6.07) is 7.48. The summed E-state index contributed by atoms with van der Waals surface area (Å²) in [4.78, 5) is 0. The lowest BCUT2D eigenvalue weighted by Crippen LogP contribution is -2.37. The van der Waals surface area contributed by atoms with Crippen molar-refractivity contribution in [3.05, 3.63) is 24.3 Å². The smallest absolute Gasteiger partial charge is 0.248 e. The standard InChI is InChI=1S/C15H22O5/c1-10(16)14(18)11(17)6-5-9-15(2)19-12-7-3-4-8-13(12)20-15/h3-4,7-8,10-11,14,16-18H,5-6,9H2,1-2H3/t10-,11+,14+/m1/s1. The van der Waals surface area contributed by atoms with Crippen LogP contribution in [0.5, 0.6) is 11.5 Å². The van der Waals surface area contributed by atoms with Crippen LogP contribution in [0.2, 0.25) is 0 Å². The van der Waals surface area contributed by atoms with E-state index in [0.29, 0.717) is 19.3 Å². The lowest BCUT2D eigenvalue weighted by molar-refractivity contribution is -0.0794. The molecule has 0 saturated heterocycles. The van der Waals surface area contributed by atoms with Crippen LogP contribution < -0.4 is 9.47 Å². The van der Waals surface area contributed by atoms with Gasteiger partial charge in [0.05, 0.1) is 12.2 Å². The zero-order valence-corrected chi connectivity index (χ0v) is 11.8. The van der Waals surface area contributed by atoms with Crippen molar-refractivity contribution in [2.24, 2.45) is 0 Å². The molecule has 3 N–H and O–H groups in total. The molecule has 3 atom stereocenters. The highest BCUT2D eigenvalue weighted by atomic mass is 16.7. The van der Waals surface area contributed by atoms with E-state index in [2.05, 4.69) is 0 Å².